The number of nitrogens with one attached hydrogen (secondary N) is 2. The number of para-hydroxylation sites is 2. The predicted molar refractivity (Wildman–Crippen MR) is 240 cm³/mol. The third-order valence-corrected chi connectivity index (χ3v) is 11.6. The molecule has 66 heavy (non-hydrogen) atoms. The van der Waals surface area contributed by atoms with E-state index < -0.39 is 0 Å². The molecular formula is C49H44F2N10O5. The summed E-state index contributed by atoms with van der Waals surface area (Å²) in [5, 5.41) is 16.8. The Balaban J connectivity index is 0.000000155. The topological polar surface area (TPSA) is 168 Å². The van der Waals surface area contributed by atoms with Crippen molar-refractivity contribution in [2.24, 2.45) is 0 Å². The fourth-order valence-electron chi connectivity index (χ4n) is 8.32. The Bertz CT molecular complexity index is 2940. The van der Waals surface area contributed by atoms with Gasteiger partial charge in [-0.15, -0.1) is 0 Å². The first-order chi connectivity index (χ1) is 32.4. The molecule has 0 atom stereocenters. The number of aromatic hydroxyl groups is 1. The fourth-order valence-corrected chi connectivity index (χ4v) is 8.32. The van der Waals surface area contributed by atoms with Crippen LogP contribution >= 0.6 is 0 Å². The molecule has 334 valence electrons. The summed E-state index contributed by atoms with van der Waals surface area (Å²) in [5.74, 6) is 1.54. The van der Waals surface area contributed by atoms with Crippen LogP contribution in [0.25, 0.3) is 45.3 Å². The Morgan fingerprint density at radius 1 is 0.576 bits per heavy atom. The van der Waals surface area contributed by atoms with Crippen molar-refractivity contribution < 1.29 is 32.8 Å². The summed E-state index contributed by atoms with van der Waals surface area (Å²) in [4.78, 5) is 27.2. The highest BCUT2D eigenvalue weighted by molar-refractivity contribution is 5.78. The third kappa shape index (κ3) is 9.25. The summed E-state index contributed by atoms with van der Waals surface area (Å²) in [7, 11) is 0. The van der Waals surface area contributed by atoms with Crippen LogP contribution in [-0.2, 0) is 0 Å². The Morgan fingerprint density at radius 3 is 1.64 bits per heavy atom. The maximum absolute atomic E-state index is 13.6. The zero-order chi connectivity index (χ0) is 44.8. The van der Waals surface area contributed by atoms with Crippen molar-refractivity contribution in [1.29, 1.82) is 0 Å². The zero-order valence-corrected chi connectivity index (χ0v) is 35.6. The van der Waals surface area contributed by atoms with Crippen LogP contribution in [0.5, 0.6) is 40.8 Å². The molecule has 2 fully saturated rings. The molecule has 0 radical (unpaired) electrons. The lowest BCUT2D eigenvalue weighted by atomic mass is 10.0. The molecular weight excluding hydrogens is 847 g/mol. The van der Waals surface area contributed by atoms with E-state index in [-0.39, 0.29) is 54.0 Å². The van der Waals surface area contributed by atoms with Gasteiger partial charge in [-0.3, -0.25) is 0 Å². The number of piperidine rings is 2. The molecule has 7 heterocycles. The zero-order valence-electron chi connectivity index (χ0n) is 35.6. The van der Waals surface area contributed by atoms with Gasteiger partial charge in [0.05, 0.1) is 46.8 Å². The van der Waals surface area contributed by atoms with E-state index in [9.17, 15) is 13.9 Å². The van der Waals surface area contributed by atoms with Gasteiger partial charge in [0, 0.05) is 41.7 Å². The van der Waals surface area contributed by atoms with E-state index >= 15 is 0 Å². The Morgan fingerprint density at radius 2 is 1.09 bits per heavy atom. The minimum Gasteiger partial charge on any atom is -0.504 e. The molecule has 0 bridgehead atoms. The van der Waals surface area contributed by atoms with Crippen LogP contribution < -0.4 is 29.6 Å². The first kappa shape index (κ1) is 42.2. The average molecular weight is 891 g/mol. The van der Waals surface area contributed by atoms with Crippen molar-refractivity contribution in [2.45, 2.75) is 37.8 Å². The van der Waals surface area contributed by atoms with Crippen LogP contribution in [-0.4, -0.2) is 77.1 Å². The summed E-state index contributed by atoms with van der Waals surface area (Å²) in [5.41, 5.74) is 6.09. The lowest BCUT2D eigenvalue weighted by molar-refractivity contribution is 0.174. The number of nitrogens with zero attached hydrogens (tertiary/aromatic N) is 8. The van der Waals surface area contributed by atoms with Gasteiger partial charge < -0.3 is 43.8 Å². The number of fused-ring (bicyclic) bond motifs is 1. The third-order valence-electron chi connectivity index (χ3n) is 11.6. The average Bonchev–Trinajstić information content (AvgIpc) is 4.13. The first-order valence-corrected chi connectivity index (χ1v) is 21.7. The minimum atomic E-state index is -0.298. The van der Waals surface area contributed by atoms with Crippen LogP contribution in [0.3, 0.4) is 0 Å². The Labute approximate surface area is 378 Å². The highest BCUT2D eigenvalue weighted by atomic mass is 19.1. The standard InChI is InChI=1S/C25H22FN5O3.C24H22FN5O2/c26-17-3-1-16(2-4-17)23-24(31(14-29-23)18-7-10-27-11-8-18)20-9-12-28-25(30-20)34-19-5-6-21-22(13-19)33-15-32-21;25-17-7-5-16(6-8-17)22-23(30(15-28-22)18-9-12-26-13-10-18)19-11-14-27-24(29-19)32-21-4-2-1-3-20(21)31/h1-6,9,12-14,18,27H,7-8,10-11,15H2;1-8,11,14-15,18,26,31H,9-10,12-13H2. The van der Waals surface area contributed by atoms with Crippen molar-refractivity contribution >= 4 is 0 Å². The number of hydrogen-bond acceptors (Lipinski definition) is 13. The van der Waals surface area contributed by atoms with E-state index in [1.807, 2.05) is 18.7 Å². The molecule has 0 amide bonds. The summed E-state index contributed by atoms with van der Waals surface area (Å²) >= 11 is 0. The highest BCUT2D eigenvalue weighted by Gasteiger charge is 2.26. The molecule has 0 saturated carbocycles. The number of halogens is 2. The number of phenolic OH excluding ortho intramolecular Hbond substituents is 1. The van der Waals surface area contributed by atoms with E-state index in [4.69, 9.17) is 28.9 Å². The van der Waals surface area contributed by atoms with Crippen LogP contribution in [0, 0.1) is 11.6 Å². The number of ether oxygens (including phenoxy) is 4. The van der Waals surface area contributed by atoms with E-state index in [1.54, 1.807) is 79.1 Å². The maximum Gasteiger partial charge on any atom is 0.322 e. The Hall–Kier alpha value is -7.76. The molecule has 0 unspecified atom stereocenters. The molecule has 15 nitrogen and oxygen atoms in total. The highest BCUT2D eigenvalue weighted by Crippen LogP contribution is 2.39. The molecule has 8 aromatic rings. The fraction of sp³-hybridized carbons (Fsp3) is 0.224. The summed E-state index contributed by atoms with van der Waals surface area (Å²) in [6.07, 6.45) is 10.9. The smallest absolute Gasteiger partial charge is 0.322 e. The summed E-state index contributed by atoms with van der Waals surface area (Å²) in [6.45, 7) is 3.93. The molecule has 4 aromatic carbocycles. The second kappa shape index (κ2) is 19.1. The second-order valence-electron chi connectivity index (χ2n) is 15.8. The molecule has 4 aromatic heterocycles. The molecule has 0 spiro atoms. The molecule has 2 saturated heterocycles. The van der Waals surface area contributed by atoms with Crippen molar-refractivity contribution in [1.82, 2.24) is 49.7 Å². The van der Waals surface area contributed by atoms with E-state index in [2.05, 4.69) is 39.7 Å². The van der Waals surface area contributed by atoms with Gasteiger partial charge in [-0.05, 0) is 137 Å². The largest absolute Gasteiger partial charge is 0.504 e. The first-order valence-electron chi connectivity index (χ1n) is 21.7. The lowest BCUT2D eigenvalue weighted by Crippen LogP contribution is -2.29. The maximum atomic E-state index is 13.6. The number of aromatic nitrogens is 8. The SMILES string of the molecule is Fc1ccc(-c2ncn(C3CCNCC3)c2-c2ccnc(Oc3ccc4c(c3)OCO4)n2)cc1.Oc1ccccc1Oc1nccc(-c2c(-c3ccc(F)cc3)ncn2C2CCNCC2)n1. The van der Waals surface area contributed by atoms with Gasteiger partial charge in [-0.25, -0.2) is 28.7 Å². The minimum absolute atomic E-state index is 0.00764. The van der Waals surface area contributed by atoms with Gasteiger partial charge in [-0.1, -0.05) is 12.1 Å². The van der Waals surface area contributed by atoms with Crippen molar-refractivity contribution in [3.63, 3.8) is 0 Å². The van der Waals surface area contributed by atoms with Gasteiger partial charge >= 0.3 is 12.0 Å². The van der Waals surface area contributed by atoms with Crippen molar-refractivity contribution in [3.05, 3.63) is 140 Å². The van der Waals surface area contributed by atoms with Crippen LogP contribution in [0.15, 0.2) is 128 Å². The quantitative estimate of drug-likeness (QED) is 0.119. The number of hydrogen-bond donors (Lipinski definition) is 3. The molecule has 3 aliphatic heterocycles. The monoisotopic (exact) mass is 890 g/mol. The van der Waals surface area contributed by atoms with Crippen molar-refractivity contribution in [2.75, 3.05) is 33.0 Å². The van der Waals surface area contributed by atoms with E-state index in [1.165, 1.54) is 30.3 Å². The van der Waals surface area contributed by atoms with Crippen LogP contribution in [0.4, 0.5) is 8.78 Å². The molecule has 17 heteroatoms. The van der Waals surface area contributed by atoms with Crippen molar-refractivity contribution in [3.8, 4) is 86.1 Å². The van der Waals surface area contributed by atoms with Crippen LogP contribution in [0.1, 0.15) is 37.8 Å². The van der Waals surface area contributed by atoms with E-state index in [0.717, 1.165) is 85.8 Å². The predicted octanol–water partition coefficient (Wildman–Crippen LogP) is 9.16. The number of phenols is 1. The molecule has 0 aliphatic carbocycles. The van der Waals surface area contributed by atoms with Gasteiger partial charge in [0.1, 0.15) is 17.4 Å². The van der Waals surface area contributed by atoms with E-state index in [0.29, 0.717) is 28.6 Å². The van der Waals surface area contributed by atoms with Gasteiger partial charge in [0.2, 0.25) is 6.79 Å². The number of rotatable bonds is 10. The molecule has 3 aliphatic rings. The second-order valence-corrected chi connectivity index (χ2v) is 15.8. The summed E-state index contributed by atoms with van der Waals surface area (Å²) < 4.78 is 53.9. The molecule has 11 rings (SSSR count). The lowest BCUT2D eigenvalue weighted by Gasteiger charge is -2.25. The number of benzene rings is 4. The number of imidazole rings is 2. The van der Waals surface area contributed by atoms with Gasteiger partial charge in [0.15, 0.2) is 23.0 Å². The molecule has 3 N–H and O–H groups in total. The Kier molecular flexibility index (Phi) is 12.2. The normalized spacial score (nSPS) is 14.9. The summed E-state index contributed by atoms with van der Waals surface area (Å²) in [6, 6.07) is 29.2. The van der Waals surface area contributed by atoms with Gasteiger partial charge in [0.25, 0.3) is 0 Å². The van der Waals surface area contributed by atoms with Crippen LogP contribution in [0.2, 0.25) is 0 Å². The van der Waals surface area contributed by atoms with Gasteiger partial charge in [-0.2, -0.15) is 9.97 Å².